The molecule has 17 heavy (non-hydrogen) atoms. The minimum atomic E-state index is 0.732. The van der Waals surface area contributed by atoms with Gasteiger partial charge in [-0.2, -0.15) is 5.10 Å². The quantitative estimate of drug-likeness (QED) is 0.868. The molecule has 0 aliphatic heterocycles. The number of hydrogen-bond donors (Lipinski definition) is 1. The van der Waals surface area contributed by atoms with Crippen LogP contribution >= 0.6 is 0 Å². The summed E-state index contributed by atoms with van der Waals surface area (Å²) in [5, 5.41) is 7.82. The third kappa shape index (κ3) is 2.53. The first-order valence-corrected chi connectivity index (χ1v) is 6.01. The van der Waals surface area contributed by atoms with E-state index in [2.05, 4.69) is 22.3 Å². The Morgan fingerprint density at radius 1 is 1.47 bits per heavy atom. The molecule has 1 saturated carbocycles. The zero-order valence-electron chi connectivity index (χ0n) is 9.93. The van der Waals surface area contributed by atoms with Crippen molar-refractivity contribution in [3.8, 4) is 5.82 Å². The van der Waals surface area contributed by atoms with Crippen molar-refractivity contribution in [3.63, 3.8) is 0 Å². The van der Waals surface area contributed by atoms with E-state index in [1.165, 1.54) is 24.0 Å². The monoisotopic (exact) mass is 228 g/mol. The molecule has 1 fully saturated rings. The average Bonchev–Trinajstić information content (AvgIpc) is 3.04. The predicted octanol–water partition coefficient (Wildman–Crippen LogP) is 1.83. The fourth-order valence-electron chi connectivity index (χ4n) is 1.77. The van der Waals surface area contributed by atoms with Crippen molar-refractivity contribution in [3.05, 3.63) is 41.9 Å². The topological polar surface area (TPSA) is 42.7 Å². The summed E-state index contributed by atoms with van der Waals surface area (Å²) in [6.45, 7) is 2.96. The zero-order valence-corrected chi connectivity index (χ0v) is 9.93. The number of rotatable bonds is 4. The van der Waals surface area contributed by atoms with E-state index in [0.717, 1.165) is 18.4 Å². The number of nitrogens with zero attached hydrogens (tertiary/aromatic N) is 3. The first-order chi connectivity index (χ1) is 8.31. The molecule has 0 radical (unpaired) electrons. The van der Waals surface area contributed by atoms with Crippen molar-refractivity contribution in [2.24, 2.45) is 0 Å². The molecule has 2 aromatic rings. The van der Waals surface area contributed by atoms with E-state index < -0.39 is 0 Å². The summed E-state index contributed by atoms with van der Waals surface area (Å²) in [7, 11) is 0. The van der Waals surface area contributed by atoms with Gasteiger partial charge in [-0.1, -0.05) is 0 Å². The minimum absolute atomic E-state index is 0.732. The lowest BCUT2D eigenvalue weighted by molar-refractivity contribution is 0.687. The SMILES string of the molecule is Cc1ccnc(-n2cc(CNC3CC3)cn2)c1. The third-order valence-electron chi connectivity index (χ3n) is 2.94. The van der Waals surface area contributed by atoms with Gasteiger partial charge in [-0.3, -0.25) is 0 Å². The Hall–Kier alpha value is -1.68. The van der Waals surface area contributed by atoms with Crippen molar-refractivity contribution in [2.45, 2.75) is 32.4 Å². The third-order valence-corrected chi connectivity index (χ3v) is 2.94. The lowest BCUT2D eigenvalue weighted by atomic mass is 10.3. The number of nitrogens with one attached hydrogen (secondary N) is 1. The number of hydrogen-bond acceptors (Lipinski definition) is 3. The van der Waals surface area contributed by atoms with Crippen molar-refractivity contribution < 1.29 is 0 Å². The van der Waals surface area contributed by atoms with Crippen LogP contribution in [0.5, 0.6) is 0 Å². The van der Waals surface area contributed by atoms with Crippen molar-refractivity contribution in [1.82, 2.24) is 20.1 Å². The van der Waals surface area contributed by atoms with Gasteiger partial charge in [0, 0.05) is 30.5 Å². The molecular weight excluding hydrogens is 212 g/mol. The number of aromatic nitrogens is 3. The maximum absolute atomic E-state index is 4.34. The molecule has 3 rings (SSSR count). The molecule has 0 unspecified atom stereocenters. The number of aryl methyl sites for hydroxylation is 1. The molecule has 0 aromatic carbocycles. The van der Waals surface area contributed by atoms with Crippen molar-refractivity contribution in [1.29, 1.82) is 0 Å². The summed E-state index contributed by atoms with van der Waals surface area (Å²) in [6, 6.07) is 4.75. The Morgan fingerprint density at radius 2 is 2.35 bits per heavy atom. The Kier molecular flexibility index (Phi) is 2.65. The standard InChI is InChI=1S/C13H16N4/c1-10-4-5-14-13(6-10)17-9-11(8-16-17)7-15-12-2-3-12/h4-6,8-9,12,15H,2-3,7H2,1H3. The summed E-state index contributed by atoms with van der Waals surface area (Å²) >= 11 is 0. The van der Waals surface area contributed by atoms with E-state index in [9.17, 15) is 0 Å². The van der Waals surface area contributed by atoms with Gasteiger partial charge in [0.05, 0.1) is 6.20 Å². The highest BCUT2D eigenvalue weighted by Gasteiger charge is 2.20. The van der Waals surface area contributed by atoms with Crippen molar-refractivity contribution in [2.75, 3.05) is 0 Å². The Morgan fingerprint density at radius 3 is 3.12 bits per heavy atom. The van der Waals surface area contributed by atoms with Gasteiger partial charge in [-0.25, -0.2) is 9.67 Å². The van der Waals surface area contributed by atoms with Gasteiger partial charge in [-0.15, -0.1) is 0 Å². The van der Waals surface area contributed by atoms with E-state index in [1.54, 1.807) is 0 Å². The van der Waals surface area contributed by atoms with Crippen LogP contribution in [0.15, 0.2) is 30.7 Å². The van der Waals surface area contributed by atoms with Gasteiger partial charge in [-0.05, 0) is 37.5 Å². The molecule has 1 N–H and O–H groups in total. The van der Waals surface area contributed by atoms with Crippen LogP contribution in [0.1, 0.15) is 24.0 Å². The first kappa shape index (κ1) is 10.5. The second kappa shape index (κ2) is 4.30. The Bertz CT molecular complexity index is 514. The largest absolute Gasteiger partial charge is 0.310 e. The first-order valence-electron chi connectivity index (χ1n) is 6.01. The molecule has 0 spiro atoms. The Labute approximate surface area is 101 Å². The molecule has 2 aromatic heterocycles. The molecule has 1 aliphatic carbocycles. The van der Waals surface area contributed by atoms with Gasteiger partial charge in [0.15, 0.2) is 5.82 Å². The van der Waals surface area contributed by atoms with Gasteiger partial charge in [0.1, 0.15) is 0 Å². The Balaban J connectivity index is 1.74. The molecule has 0 atom stereocenters. The van der Waals surface area contributed by atoms with E-state index in [1.807, 2.05) is 35.4 Å². The highest BCUT2D eigenvalue weighted by Crippen LogP contribution is 2.19. The highest BCUT2D eigenvalue weighted by atomic mass is 15.3. The summed E-state index contributed by atoms with van der Waals surface area (Å²) in [6.07, 6.45) is 8.38. The lowest BCUT2D eigenvalue weighted by Gasteiger charge is -2.01. The van der Waals surface area contributed by atoms with Crippen LogP contribution in [0.3, 0.4) is 0 Å². The summed E-state index contributed by atoms with van der Waals surface area (Å²) in [5.41, 5.74) is 2.41. The van der Waals surface area contributed by atoms with Gasteiger partial charge in [0.25, 0.3) is 0 Å². The highest BCUT2D eigenvalue weighted by molar-refractivity contribution is 5.27. The smallest absolute Gasteiger partial charge is 0.153 e. The molecule has 88 valence electrons. The molecule has 0 saturated heterocycles. The minimum Gasteiger partial charge on any atom is -0.310 e. The molecule has 1 aliphatic rings. The predicted molar refractivity (Wildman–Crippen MR) is 66.0 cm³/mol. The number of pyridine rings is 1. The summed E-state index contributed by atoms with van der Waals surface area (Å²) in [5.74, 6) is 0.877. The van der Waals surface area contributed by atoms with Gasteiger partial charge in [0.2, 0.25) is 0 Å². The normalized spacial score (nSPS) is 15.1. The summed E-state index contributed by atoms with van der Waals surface area (Å²) in [4.78, 5) is 4.31. The van der Waals surface area contributed by atoms with Gasteiger partial charge >= 0.3 is 0 Å². The van der Waals surface area contributed by atoms with Crippen LogP contribution in [-0.2, 0) is 6.54 Å². The van der Waals surface area contributed by atoms with Crippen LogP contribution < -0.4 is 5.32 Å². The lowest BCUT2D eigenvalue weighted by Crippen LogP contribution is -2.14. The van der Waals surface area contributed by atoms with Crippen molar-refractivity contribution >= 4 is 0 Å². The summed E-state index contributed by atoms with van der Waals surface area (Å²) < 4.78 is 1.83. The molecule has 4 heteroatoms. The zero-order chi connectivity index (χ0) is 11.7. The molecule has 0 amide bonds. The van der Waals surface area contributed by atoms with E-state index in [-0.39, 0.29) is 0 Å². The van der Waals surface area contributed by atoms with Crippen LogP contribution in [0.4, 0.5) is 0 Å². The molecule has 4 nitrogen and oxygen atoms in total. The second-order valence-corrected chi connectivity index (χ2v) is 4.64. The molecule has 0 bridgehead atoms. The van der Waals surface area contributed by atoms with Gasteiger partial charge < -0.3 is 5.32 Å². The fraction of sp³-hybridized carbons (Fsp3) is 0.385. The molecular formula is C13H16N4. The second-order valence-electron chi connectivity index (χ2n) is 4.64. The van der Waals surface area contributed by atoms with E-state index >= 15 is 0 Å². The van der Waals surface area contributed by atoms with Crippen LogP contribution in [0, 0.1) is 6.92 Å². The maximum Gasteiger partial charge on any atom is 0.153 e. The van der Waals surface area contributed by atoms with E-state index in [0.29, 0.717) is 0 Å². The average molecular weight is 228 g/mol. The molecule has 2 heterocycles. The fourth-order valence-corrected chi connectivity index (χ4v) is 1.77. The van der Waals surface area contributed by atoms with E-state index in [4.69, 9.17) is 0 Å². The van der Waals surface area contributed by atoms with Crippen LogP contribution in [-0.4, -0.2) is 20.8 Å². The van der Waals surface area contributed by atoms with Crippen LogP contribution in [0.2, 0.25) is 0 Å². The van der Waals surface area contributed by atoms with Crippen LogP contribution in [0.25, 0.3) is 5.82 Å². The maximum atomic E-state index is 4.34.